The predicted octanol–water partition coefficient (Wildman–Crippen LogP) is 1.82. The zero-order chi connectivity index (χ0) is 18.7. The van der Waals surface area contributed by atoms with Crippen LogP contribution in [0.5, 0.6) is 5.75 Å². The second-order valence-electron chi connectivity index (χ2n) is 7.60. The van der Waals surface area contributed by atoms with Crippen molar-refractivity contribution in [1.29, 1.82) is 0 Å². The van der Waals surface area contributed by atoms with E-state index in [0.29, 0.717) is 24.4 Å². The summed E-state index contributed by atoms with van der Waals surface area (Å²) in [5, 5.41) is 2.87. The zero-order valence-corrected chi connectivity index (χ0v) is 16.0. The molecule has 0 aliphatic carbocycles. The van der Waals surface area contributed by atoms with Gasteiger partial charge in [0.15, 0.2) is 0 Å². The van der Waals surface area contributed by atoms with E-state index in [9.17, 15) is 9.59 Å². The Bertz CT molecular complexity index is 681. The Hall–Kier alpha value is -2.08. The molecule has 2 aliphatic heterocycles. The Labute approximate surface area is 155 Å². The molecule has 1 N–H and O–H groups in total. The fourth-order valence-electron chi connectivity index (χ4n) is 3.66. The van der Waals surface area contributed by atoms with Crippen LogP contribution in [0.1, 0.15) is 42.1 Å². The average molecular weight is 359 g/mol. The number of nitrogens with zero attached hydrogens (tertiary/aromatic N) is 2. The number of hydrogen-bond donors (Lipinski definition) is 1. The minimum Gasteiger partial charge on any atom is -0.484 e. The molecule has 6 heteroatoms. The number of carbonyl (C=O) groups is 2. The van der Waals surface area contributed by atoms with Gasteiger partial charge in [-0.3, -0.25) is 9.59 Å². The molecule has 0 unspecified atom stereocenters. The van der Waals surface area contributed by atoms with Gasteiger partial charge in [-0.05, 0) is 32.5 Å². The third-order valence-corrected chi connectivity index (χ3v) is 5.26. The summed E-state index contributed by atoms with van der Waals surface area (Å²) in [6.45, 7) is 6.97. The number of aryl methyl sites for hydroxylation is 1. The van der Waals surface area contributed by atoms with Crippen molar-refractivity contribution in [3.63, 3.8) is 0 Å². The fraction of sp³-hybridized carbons (Fsp3) is 0.600. The van der Waals surface area contributed by atoms with Crippen LogP contribution in [0, 0.1) is 6.92 Å². The van der Waals surface area contributed by atoms with Crippen molar-refractivity contribution in [2.45, 2.75) is 38.7 Å². The third kappa shape index (κ3) is 4.01. The van der Waals surface area contributed by atoms with Crippen molar-refractivity contribution in [1.82, 2.24) is 15.1 Å². The summed E-state index contributed by atoms with van der Waals surface area (Å²) in [6.07, 6.45) is 2.56. The maximum atomic E-state index is 13.1. The van der Waals surface area contributed by atoms with Gasteiger partial charge in [-0.2, -0.15) is 0 Å². The zero-order valence-electron chi connectivity index (χ0n) is 16.0. The van der Waals surface area contributed by atoms with E-state index in [4.69, 9.17) is 4.74 Å². The van der Waals surface area contributed by atoms with Gasteiger partial charge in [0.1, 0.15) is 11.4 Å². The smallest absolute Gasteiger partial charge is 0.258 e. The van der Waals surface area contributed by atoms with Gasteiger partial charge in [0.2, 0.25) is 5.91 Å². The summed E-state index contributed by atoms with van der Waals surface area (Å²) >= 11 is 0. The van der Waals surface area contributed by atoms with Crippen LogP contribution in [0.3, 0.4) is 0 Å². The fourth-order valence-corrected chi connectivity index (χ4v) is 3.66. The molecule has 1 aromatic rings. The summed E-state index contributed by atoms with van der Waals surface area (Å²) in [5.41, 5.74) is 1.15. The minimum atomic E-state index is -0.423. The molecular weight excluding hydrogens is 330 g/mol. The first kappa shape index (κ1) is 18.7. The number of benzene rings is 1. The lowest BCUT2D eigenvalue weighted by Crippen LogP contribution is -2.54. The lowest BCUT2D eigenvalue weighted by molar-refractivity contribution is -0.122. The molecule has 1 fully saturated rings. The second kappa shape index (κ2) is 7.66. The van der Waals surface area contributed by atoms with Crippen molar-refractivity contribution in [2.24, 2.45) is 0 Å². The van der Waals surface area contributed by atoms with Crippen LogP contribution in [0.4, 0.5) is 0 Å². The van der Waals surface area contributed by atoms with Crippen molar-refractivity contribution < 1.29 is 14.3 Å². The summed E-state index contributed by atoms with van der Waals surface area (Å²) < 4.78 is 6.43. The predicted molar refractivity (Wildman–Crippen MR) is 100 cm³/mol. The normalized spacial score (nSPS) is 19.7. The Morgan fingerprint density at radius 3 is 2.73 bits per heavy atom. The van der Waals surface area contributed by atoms with Crippen LogP contribution in [-0.2, 0) is 4.79 Å². The quantitative estimate of drug-likeness (QED) is 0.891. The summed E-state index contributed by atoms with van der Waals surface area (Å²) in [5.74, 6) is 0.409. The van der Waals surface area contributed by atoms with E-state index < -0.39 is 5.60 Å². The van der Waals surface area contributed by atoms with Crippen LogP contribution in [0.15, 0.2) is 18.2 Å². The number of likely N-dealkylation sites (tertiary alicyclic amines) is 1. The Morgan fingerprint density at radius 1 is 1.31 bits per heavy atom. The minimum absolute atomic E-state index is 0.0766. The molecule has 2 heterocycles. The molecule has 6 nitrogen and oxygen atoms in total. The van der Waals surface area contributed by atoms with Crippen LogP contribution >= 0.6 is 0 Å². The molecule has 1 spiro atoms. The maximum absolute atomic E-state index is 13.1. The molecular formula is C20H29N3O3. The number of carbonyl (C=O) groups excluding carboxylic acids is 2. The monoisotopic (exact) mass is 359 g/mol. The van der Waals surface area contributed by atoms with Gasteiger partial charge in [-0.1, -0.05) is 18.6 Å². The highest BCUT2D eigenvalue weighted by molar-refractivity contribution is 5.99. The Morgan fingerprint density at radius 2 is 2.04 bits per heavy atom. The molecule has 0 atom stereocenters. The summed E-state index contributed by atoms with van der Waals surface area (Å²) in [7, 11) is 2.10. The maximum Gasteiger partial charge on any atom is 0.258 e. The van der Waals surface area contributed by atoms with E-state index in [1.165, 1.54) is 0 Å². The second-order valence-corrected chi connectivity index (χ2v) is 7.60. The van der Waals surface area contributed by atoms with E-state index in [1.54, 1.807) is 4.90 Å². The molecule has 0 saturated carbocycles. The topological polar surface area (TPSA) is 61.9 Å². The Kier molecular flexibility index (Phi) is 5.51. The van der Waals surface area contributed by atoms with Crippen LogP contribution < -0.4 is 10.1 Å². The molecule has 1 aromatic carbocycles. The van der Waals surface area contributed by atoms with Gasteiger partial charge in [0.05, 0.1) is 18.7 Å². The number of hydrogen-bond acceptors (Lipinski definition) is 4. The van der Waals surface area contributed by atoms with E-state index in [0.717, 1.165) is 37.9 Å². The highest BCUT2D eigenvalue weighted by Gasteiger charge is 2.42. The molecule has 142 valence electrons. The van der Waals surface area contributed by atoms with Gasteiger partial charge >= 0.3 is 0 Å². The van der Waals surface area contributed by atoms with Crippen molar-refractivity contribution in [3.05, 3.63) is 29.3 Å². The van der Waals surface area contributed by atoms with Gasteiger partial charge in [-0.15, -0.1) is 0 Å². The van der Waals surface area contributed by atoms with Crippen molar-refractivity contribution in [3.8, 4) is 5.75 Å². The lowest BCUT2D eigenvalue weighted by Gasteiger charge is -2.41. The molecule has 1 saturated heterocycles. The van der Waals surface area contributed by atoms with Crippen LogP contribution in [0.25, 0.3) is 0 Å². The molecule has 2 aliphatic rings. The van der Waals surface area contributed by atoms with E-state index >= 15 is 0 Å². The van der Waals surface area contributed by atoms with Crippen LogP contribution in [0.2, 0.25) is 0 Å². The van der Waals surface area contributed by atoms with E-state index in [-0.39, 0.29) is 18.4 Å². The SMILES string of the molecule is CCCNC(=O)CN1CC2(CCN(C)CC2)Oc2ccc(C)cc2C1=O. The molecule has 0 aromatic heterocycles. The van der Waals surface area contributed by atoms with Gasteiger partial charge in [0, 0.05) is 32.5 Å². The first-order chi connectivity index (χ1) is 12.4. The number of ether oxygens (including phenoxy) is 1. The molecule has 26 heavy (non-hydrogen) atoms. The third-order valence-electron chi connectivity index (χ3n) is 5.26. The average Bonchev–Trinajstić information content (AvgIpc) is 2.72. The lowest BCUT2D eigenvalue weighted by atomic mass is 9.90. The number of nitrogens with one attached hydrogen (secondary N) is 1. The van der Waals surface area contributed by atoms with E-state index in [2.05, 4.69) is 17.3 Å². The summed E-state index contributed by atoms with van der Waals surface area (Å²) in [6, 6.07) is 5.73. The summed E-state index contributed by atoms with van der Waals surface area (Å²) in [4.78, 5) is 29.4. The molecule has 0 radical (unpaired) electrons. The van der Waals surface area contributed by atoms with E-state index in [1.807, 2.05) is 32.0 Å². The highest BCUT2D eigenvalue weighted by Crippen LogP contribution is 2.35. The number of fused-ring (bicyclic) bond motifs is 1. The first-order valence-corrected chi connectivity index (χ1v) is 9.47. The molecule has 2 amide bonds. The standard InChI is InChI=1S/C20H29N3O3/c1-4-9-21-18(24)13-23-14-20(7-10-22(3)11-8-20)26-17-6-5-15(2)12-16(17)19(23)25/h5-6,12H,4,7-11,13-14H2,1-3H3,(H,21,24). The first-order valence-electron chi connectivity index (χ1n) is 9.47. The number of amides is 2. The van der Waals surface area contributed by atoms with Gasteiger partial charge in [-0.25, -0.2) is 0 Å². The number of rotatable bonds is 4. The largest absolute Gasteiger partial charge is 0.484 e. The van der Waals surface area contributed by atoms with Crippen molar-refractivity contribution in [2.75, 3.05) is 39.8 Å². The van der Waals surface area contributed by atoms with Gasteiger partial charge in [0.25, 0.3) is 5.91 Å². The van der Waals surface area contributed by atoms with Crippen molar-refractivity contribution >= 4 is 11.8 Å². The molecule has 0 bridgehead atoms. The number of piperidine rings is 1. The molecule has 3 rings (SSSR count). The Balaban J connectivity index is 1.90. The van der Waals surface area contributed by atoms with Gasteiger partial charge < -0.3 is 19.9 Å². The highest BCUT2D eigenvalue weighted by atomic mass is 16.5. The van der Waals surface area contributed by atoms with Crippen LogP contribution in [-0.4, -0.2) is 67.0 Å².